The first-order chi connectivity index (χ1) is 7.24. The van der Waals surface area contributed by atoms with Gasteiger partial charge in [0.2, 0.25) is 0 Å². The van der Waals surface area contributed by atoms with Gasteiger partial charge in [0, 0.05) is 21.3 Å². The molecule has 0 spiro atoms. The molecule has 0 N–H and O–H groups in total. The van der Waals surface area contributed by atoms with Crippen molar-refractivity contribution < 1.29 is 0 Å². The Labute approximate surface area is 107 Å². The van der Waals surface area contributed by atoms with Gasteiger partial charge < -0.3 is 0 Å². The quantitative estimate of drug-likeness (QED) is 0.605. The lowest BCUT2D eigenvalue weighted by atomic mass is 10.3. The van der Waals surface area contributed by atoms with E-state index in [1.165, 1.54) is 0 Å². The molecule has 0 unspecified atom stereocenters. The Morgan fingerprint density at radius 2 is 1.33 bits per heavy atom. The molecule has 5 heteroatoms. The van der Waals surface area contributed by atoms with Crippen molar-refractivity contribution in [3.8, 4) is 0 Å². The zero-order chi connectivity index (χ0) is 10.4. The van der Waals surface area contributed by atoms with Gasteiger partial charge in [-0.25, -0.2) is 0 Å². The third kappa shape index (κ3) is 1.58. The molecule has 3 aromatic heterocycles. The first kappa shape index (κ1) is 9.69. The van der Waals surface area contributed by atoms with Crippen molar-refractivity contribution >= 4 is 63.6 Å². The second kappa shape index (κ2) is 3.50. The van der Waals surface area contributed by atoms with Crippen LogP contribution in [0.3, 0.4) is 0 Å². The van der Waals surface area contributed by atoms with Crippen molar-refractivity contribution in [2.75, 3.05) is 0 Å². The minimum Gasteiger partial charge on any atom is -0.252 e. The smallest absolute Gasteiger partial charge is 0.107 e. The molecule has 3 heterocycles. The summed E-state index contributed by atoms with van der Waals surface area (Å²) in [5.41, 5.74) is 1.96. The van der Waals surface area contributed by atoms with Gasteiger partial charge in [-0.1, -0.05) is 0 Å². The molecule has 2 nitrogen and oxygen atoms in total. The van der Waals surface area contributed by atoms with Crippen molar-refractivity contribution in [2.24, 2.45) is 0 Å². The fourth-order valence-electron chi connectivity index (χ4n) is 1.47. The van der Waals surface area contributed by atoms with E-state index in [1.54, 1.807) is 23.7 Å². The maximum atomic E-state index is 4.38. The largest absolute Gasteiger partial charge is 0.252 e. The molecule has 0 aliphatic carbocycles. The van der Waals surface area contributed by atoms with E-state index in [0.29, 0.717) is 0 Å². The van der Waals surface area contributed by atoms with E-state index >= 15 is 0 Å². The number of nitrogens with zero attached hydrogens (tertiary/aromatic N) is 2. The molecule has 0 fully saturated rings. The van der Waals surface area contributed by atoms with Gasteiger partial charge in [0.1, 0.15) is 11.0 Å². The SMILES string of the molecule is Brc1cnc2c(c1)sc1cc(Br)cnc12. The van der Waals surface area contributed by atoms with Crippen molar-refractivity contribution in [1.82, 2.24) is 9.97 Å². The van der Waals surface area contributed by atoms with Gasteiger partial charge in [0.05, 0.1) is 9.40 Å². The van der Waals surface area contributed by atoms with Crippen LogP contribution in [0.1, 0.15) is 0 Å². The topological polar surface area (TPSA) is 25.8 Å². The van der Waals surface area contributed by atoms with Crippen molar-refractivity contribution in [1.29, 1.82) is 0 Å². The highest BCUT2D eigenvalue weighted by Crippen LogP contribution is 2.33. The van der Waals surface area contributed by atoms with E-state index in [-0.39, 0.29) is 0 Å². The molecule has 15 heavy (non-hydrogen) atoms. The number of hydrogen-bond acceptors (Lipinski definition) is 3. The standard InChI is InChI=1S/C10H4Br2N2S/c11-5-1-7-9(13-3-5)10-8(15-7)2-6(12)4-14-10/h1-4H. The van der Waals surface area contributed by atoms with E-state index in [4.69, 9.17) is 0 Å². The average molecular weight is 344 g/mol. The van der Waals surface area contributed by atoms with Gasteiger partial charge in [0.25, 0.3) is 0 Å². The summed E-state index contributed by atoms with van der Waals surface area (Å²) in [7, 11) is 0. The maximum Gasteiger partial charge on any atom is 0.107 e. The summed E-state index contributed by atoms with van der Waals surface area (Å²) in [6.07, 6.45) is 3.61. The number of halogens is 2. The molecule has 0 bridgehead atoms. The predicted octanol–water partition coefficient (Wildman–Crippen LogP) is 4.37. The van der Waals surface area contributed by atoms with Gasteiger partial charge in [-0.05, 0) is 44.0 Å². The van der Waals surface area contributed by atoms with Crippen LogP contribution in [-0.2, 0) is 0 Å². The first-order valence-corrected chi connectivity index (χ1v) is 6.63. The second-order valence-corrected chi connectivity index (χ2v) is 6.02. The molecule has 3 aromatic rings. The van der Waals surface area contributed by atoms with Crippen LogP contribution in [0.4, 0.5) is 0 Å². The highest BCUT2D eigenvalue weighted by atomic mass is 79.9. The number of pyridine rings is 2. The molecule has 0 aliphatic rings. The summed E-state index contributed by atoms with van der Waals surface area (Å²) in [5, 5.41) is 0. The minimum absolute atomic E-state index is 0.978. The zero-order valence-electron chi connectivity index (χ0n) is 7.37. The lowest BCUT2D eigenvalue weighted by molar-refractivity contribution is 1.37. The monoisotopic (exact) mass is 342 g/mol. The molecule has 0 radical (unpaired) electrons. The molecule has 0 aromatic carbocycles. The Morgan fingerprint density at radius 3 is 1.80 bits per heavy atom. The Hall–Kier alpha value is -0.520. The second-order valence-electron chi connectivity index (χ2n) is 3.10. The summed E-state index contributed by atoms with van der Waals surface area (Å²) in [6.45, 7) is 0. The Kier molecular flexibility index (Phi) is 2.26. The molecular formula is C10H4Br2N2S. The van der Waals surface area contributed by atoms with E-state index in [0.717, 1.165) is 29.4 Å². The average Bonchev–Trinajstić information content (AvgIpc) is 2.53. The van der Waals surface area contributed by atoms with E-state index in [2.05, 4.69) is 54.0 Å². The number of thiophene rings is 1. The Balaban J connectivity index is 2.51. The van der Waals surface area contributed by atoms with Crippen molar-refractivity contribution in [3.05, 3.63) is 33.5 Å². The summed E-state index contributed by atoms with van der Waals surface area (Å²) in [5.74, 6) is 0. The summed E-state index contributed by atoms with van der Waals surface area (Å²) in [4.78, 5) is 8.77. The normalized spacial score (nSPS) is 11.3. The molecule has 3 rings (SSSR count). The zero-order valence-corrected chi connectivity index (χ0v) is 11.4. The third-order valence-electron chi connectivity index (χ3n) is 2.08. The van der Waals surface area contributed by atoms with E-state index in [9.17, 15) is 0 Å². The van der Waals surface area contributed by atoms with Crippen LogP contribution < -0.4 is 0 Å². The van der Waals surface area contributed by atoms with Gasteiger partial charge in [-0.2, -0.15) is 0 Å². The van der Waals surface area contributed by atoms with Crippen molar-refractivity contribution in [3.63, 3.8) is 0 Å². The van der Waals surface area contributed by atoms with Gasteiger partial charge in [0.15, 0.2) is 0 Å². The molecule has 0 amide bonds. The van der Waals surface area contributed by atoms with Crippen LogP contribution in [0.25, 0.3) is 20.4 Å². The minimum atomic E-state index is 0.978. The van der Waals surface area contributed by atoms with Crippen LogP contribution in [0.15, 0.2) is 33.5 Å². The number of fused-ring (bicyclic) bond motifs is 3. The Bertz CT molecular complexity index is 607. The van der Waals surface area contributed by atoms with Crippen LogP contribution in [0.2, 0.25) is 0 Å². The molecular weight excluding hydrogens is 340 g/mol. The van der Waals surface area contributed by atoms with Crippen LogP contribution in [-0.4, -0.2) is 9.97 Å². The van der Waals surface area contributed by atoms with E-state index in [1.807, 2.05) is 0 Å². The lowest BCUT2D eigenvalue weighted by Crippen LogP contribution is -1.77. The van der Waals surface area contributed by atoms with Crippen molar-refractivity contribution in [2.45, 2.75) is 0 Å². The lowest BCUT2D eigenvalue weighted by Gasteiger charge is -1.91. The summed E-state index contributed by atoms with van der Waals surface area (Å²) in [6, 6.07) is 4.14. The van der Waals surface area contributed by atoms with Gasteiger partial charge in [-0.3, -0.25) is 9.97 Å². The maximum absolute atomic E-state index is 4.38. The van der Waals surface area contributed by atoms with Gasteiger partial charge >= 0.3 is 0 Å². The molecule has 74 valence electrons. The Morgan fingerprint density at radius 1 is 0.867 bits per heavy atom. The summed E-state index contributed by atoms with van der Waals surface area (Å²) < 4.78 is 4.32. The van der Waals surface area contributed by atoms with Crippen LogP contribution in [0, 0.1) is 0 Å². The van der Waals surface area contributed by atoms with Crippen LogP contribution >= 0.6 is 43.2 Å². The molecule has 0 saturated heterocycles. The van der Waals surface area contributed by atoms with Crippen LogP contribution in [0.5, 0.6) is 0 Å². The molecule has 0 aliphatic heterocycles. The number of rotatable bonds is 0. The predicted molar refractivity (Wildman–Crippen MR) is 70.3 cm³/mol. The summed E-state index contributed by atoms with van der Waals surface area (Å²) >= 11 is 8.54. The fraction of sp³-hybridized carbons (Fsp3) is 0. The molecule has 0 saturated carbocycles. The van der Waals surface area contributed by atoms with Gasteiger partial charge in [-0.15, -0.1) is 11.3 Å². The molecule has 0 atom stereocenters. The first-order valence-electron chi connectivity index (χ1n) is 4.23. The van der Waals surface area contributed by atoms with E-state index < -0.39 is 0 Å². The highest BCUT2D eigenvalue weighted by Gasteiger charge is 2.07. The third-order valence-corrected chi connectivity index (χ3v) is 4.01. The number of hydrogen-bond donors (Lipinski definition) is 0. The highest BCUT2D eigenvalue weighted by molar-refractivity contribution is 9.10. The number of aromatic nitrogens is 2. The fourth-order valence-corrected chi connectivity index (χ4v) is 3.54.